The normalized spacial score (nSPS) is 10.2. The zero-order valence-electron chi connectivity index (χ0n) is 9.17. The Morgan fingerprint density at radius 1 is 1.38 bits per heavy atom. The summed E-state index contributed by atoms with van der Waals surface area (Å²) in [4.78, 5) is 13.1. The lowest BCUT2D eigenvalue weighted by Crippen LogP contribution is -2.35. The Kier molecular flexibility index (Phi) is 6.37. The van der Waals surface area contributed by atoms with E-state index >= 15 is 0 Å². The number of hydrogen-bond donors (Lipinski definition) is 0. The highest BCUT2D eigenvalue weighted by atomic mass is 16.6. The van der Waals surface area contributed by atoms with E-state index in [0.717, 1.165) is 19.5 Å². The van der Waals surface area contributed by atoms with E-state index in [2.05, 4.69) is 20.8 Å². The Labute approximate surface area is 81.1 Å². The fourth-order valence-corrected chi connectivity index (χ4v) is 1.18. The average Bonchev–Trinajstić information content (AvgIpc) is 2.03. The highest BCUT2D eigenvalue weighted by Gasteiger charge is 2.14. The number of ether oxygens (including phenoxy) is 1. The zero-order chi connectivity index (χ0) is 10.3. The molecule has 0 aliphatic heterocycles. The molecule has 0 atom stereocenters. The first-order valence-electron chi connectivity index (χ1n) is 5.03. The van der Waals surface area contributed by atoms with Crippen LogP contribution < -0.4 is 0 Å². The number of amides is 1. The zero-order valence-corrected chi connectivity index (χ0v) is 9.17. The van der Waals surface area contributed by atoms with E-state index in [-0.39, 0.29) is 6.09 Å². The molecule has 3 nitrogen and oxygen atoms in total. The lowest BCUT2D eigenvalue weighted by Gasteiger charge is -2.22. The predicted octanol–water partition coefficient (Wildman–Crippen LogP) is 2.51. The monoisotopic (exact) mass is 187 g/mol. The molecule has 0 saturated carbocycles. The Hall–Kier alpha value is -0.730. The SMILES string of the molecule is CCCN(CC(C)C)C(=O)OCC. The molecule has 0 aliphatic carbocycles. The van der Waals surface area contributed by atoms with E-state index in [1.165, 1.54) is 0 Å². The first kappa shape index (κ1) is 12.3. The van der Waals surface area contributed by atoms with Crippen LogP contribution in [0.3, 0.4) is 0 Å². The maximum absolute atomic E-state index is 11.4. The van der Waals surface area contributed by atoms with Gasteiger partial charge in [-0.25, -0.2) is 4.79 Å². The standard InChI is InChI=1S/C10H21NO2/c1-5-7-11(8-9(3)4)10(12)13-6-2/h9H,5-8H2,1-4H3. The third-order valence-corrected chi connectivity index (χ3v) is 1.61. The Morgan fingerprint density at radius 3 is 2.38 bits per heavy atom. The van der Waals surface area contributed by atoms with E-state index in [1.54, 1.807) is 4.90 Å². The van der Waals surface area contributed by atoms with Gasteiger partial charge < -0.3 is 9.64 Å². The lowest BCUT2D eigenvalue weighted by molar-refractivity contribution is 0.102. The van der Waals surface area contributed by atoms with Crippen molar-refractivity contribution in [2.75, 3.05) is 19.7 Å². The third kappa shape index (κ3) is 5.50. The third-order valence-electron chi connectivity index (χ3n) is 1.61. The van der Waals surface area contributed by atoms with Gasteiger partial charge in [-0.15, -0.1) is 0 Å². The van der Waals surface area contributed by atoms with Crippen molar-refractivity contribution in [3.8, 4) is 0 Å². The van der Waals surface area contributed by atoms with E-state index < -0.39 is 0 Å². The van der Waals surface area contributed by atoms with E-state index in [4.69, 9.17) is 4.74 Å². The van der Waals surface area contributed by atoms with Gasteiger partial charge in [0.25, 0.3) is 0 Å². The molecule has 0 rings (SSSR count). The number of nitrogens with zero attached hydrogens (tertiary/aromatic N) is 1. The van der Waals surface area contributed by atoms with E-state index in [9.17, 15) is 4.79 Å². The summed E-state index contributed by atoms with van der Waals surface area (Å²) in [5, 5.41) is 0. The lowest BCUT2D eigenvalue weighted by atomic mass is 10.2. The van der Waals surface area contributed by atoms with Crippen LogP contribution in [0.2, 0.25) is 0 Å². The fourth-order valence-electron chi connectivity index (χ4n) is 1.18. The molecule has 0 aromatic carbocycles. The Bertz CT molecular complexity index is 146. The molecule has 0 aromatic rings. The van der Waals surface area contributed by atoms with Crippen molar-refractivity contribution in [1.82, 2.24) is 4.90 Å². The molecular weight excluding hydrogens is 166 g/mol. The van der Waals surface area contributed by atoms with Crippen LogP contribution in [-0.2, 0) is 4.74 Å². The molecule has 0 unspecified atom stereocenters. The van der Waals surface area contributed by atoms with Gasteiger partial charge in [-0.2, -0.15) is 0 Å². The Balaban J connectivity index is 3.98. The van der Waals surface area contributed by atoms with Crippen LogP contribution in [0.1, 0.15) is 34.1 Å². The maximum Gasteiger partial charge on any atom is 0.409 e. The summed E-state index contributed by atoms with van der Waals surface area (Å²) in [6, 6.07) is 0. The van der Waals surface area contributed by atoms with Crippen LogP contribution in [0.5, 0.6) is 0 Å². The van der Waals surface area contributed by atoms with Gasteiger partial charge in [0.1, 0.15) is 0 Å². The van der Waals surface area contributed by atoms with Crippen LogP contribution in [0.4, 0.5) is 4.79 Å². The van der Waals surface area contributed by atoms with Gasteiger partial charge in [0.2, 0.25) is 0 Å². The number of carbonyl (C=O) groups excluding carboxylic acids is 1. The number of hydrogen-bond acceptors (Lipinski definition) is 2. The van der Waals surface area contributed by atoms with Crippen molar-refractivity contribution in [1.29, 1.82) is 0 Å². The fraction of sp³-hybridized carbons (Fsp3) is 0.900. The van der Waals surface area contributed by atoms with Gasteiger partial charge in [-0.05, 0) is 19.3 Å². The molecule has 78 valence electrons. The Morgan fingerprint density at radius 2 is 2.00 bits per heavy atom. The molecule has 0 aliphatic rings. The van der Waals surface area contributed by atoms with Crippen molar-refractivity contribution >= 4 is 6.09 Å². The quantitative estimate of drug-likeness (QED) is 0.662. The minimum Gasteiger partial charge on any atom is -0.450 e. The molecule has 0 spiro atoms. The number of carbonyl (C=O) groups is 1. The molecule has 0 N–H and O–H groups in total. The van der Waals surface area contributed by atoms with Gasteiger partial charge in [0.05, 0.1) is 6.61 Å². The summed E-state index contributed by atoms with van der Waals surface area (Å²) in [6.07, 6.45) is 0.795. The van der Waals surface area contributed by atoms with Crippen LogP contribution in [0.15, 0.2) is 0 Å². The van der Waals surface area contributed by atoms with Crippen molar-refractivity contribution in [3.05, 3.63) is 0 Å². The van der Waals surface area contributed by atoms with Crippen molar-refractivity contribution in [2.45, 2.75) is 34.1 Å². The van der Waals surface area contributed by atoms with Crippen LogP contribution in [-0.4, -0.2) is 30.7 Å². The van der Waals surface area contributed by atoms with Gasteiger partial charge in [0, 0.05) is 13.1 Å². The second-order valence-electron chi connectivity index (χ2n) is 3.54. The first-order valence-corrected chi connectivity index (χ1v) is 5.03. The van der Waals surface area contributed by atoms with E-state index in [1.807, 2.05) is 6.92 Å². The van der Waals surface area contributed by atoms with Crippen molar-refractivity contribution in [2.24, 2.45) is 5.92 Å². The molecular formula is C10H21NO2. The van der Waals surface area contributed by atoms with Gasteiger partial charge >= 0.3 is 6.09 Å². The summed E-state index contributed by atoms with van der Waals surface area (Å²) < 4.78 is 4.94. The molecule has 0 saturated heterocycles. The summed E-state index contributed by atoms with van der Waals surface area (Å²) >= 11 is 0. The van der Waals surface area contributed by atoms with Crippen molar-refractivity contribution < 1.29 is 9.53 Å². The summed E-state index contributed by atoms with van der Waals surface area (Å²) in [7, 11) is 0. The highest BCUT2D eigenvalue weighted by Crippen LogP contribution is 2.02. The molecule has 3 heteroatoms. The molecule has 1 amide bonds. The highest BCUT2D eigenvalue weighted by molar-refractivity contribution is 5.67. The van der Waals surface area contributed by atoms with Crippen LogP contribution in [0.25, 0.3) is 0 Å². The van der Waals surface area contributed by atoms with Crippen LogP contribution >= 0.6 is 0 Å². The van der Waals surface area contributed by atoms with Gasteiger partial charge in [-0.1, -0.05) is 20.8 Å². The molecule has 0 fully saturated rings. The second-order valence-corrected chi connectivity index (χ2v) is 3.54. The summed E-state index contributed by atoms with van der Waals surface area (Å²) in [5.41, 5.74) is 0. The maximum atomic E-state index is 11.4. The largest absolute Gasteiger partial charge is 0.450 e. The smallest absolute Gasteiger partial charge is 0.409 e. The summed E-state index contributed by atoms with van der Waals surface area (Å²) in [5.74, 6) is 0.496. The minimum atomic E-state index is -0.182. The molecule has 0 radical (unpaired) electrons. The predicted molar refractivity (Wildman–Crippen MR) is 53.7 cm³/mol. The minimum absolute atomic E-state index is 0.182. The van der Waals surface area contributed by atoms with Gasteiger partial charge in [0.15, 0.2) is 0 Å². The van der Waals surface area contributed by atoms with Crippen LogP contribution in [0, 0.1) is 5.92 Å². The first-order chi connectivity index (χ1) is 6.11. The second kappa shape index (κ2) is 6.75. The van der Waals surface area contributed by atoms with Crippen molar-refractivity contribution in [3.63, 3.8) is 0 Å². The topological polar surface area (TPSA) is 29.5 Å². The summed E-state index contributed by atoms with van der Waals surface area (Å²) in [6.45, 7) is 10.1. The van der Waals surface area contributed by atoms with Gasteiger partial charge in [-0.3, -0.25) is 0 Å². The average molecular weight is 187 g/mol. The molecule has 0 heterocycles. The van der Waals surface area contributed by atoms with E-state index in [0.29, 0.717) is 12.5 Å². The molecule has 13 heavy (non-hydrogen) atoms. The molecule has 0 bridgehead atoms. The molecule has 0 aromatic heterocycles. The number of rotatable bonds is 5.